The molecule has 1 aliphatic rings. The predicted octanol–water partition coefficient (Wildman–Crippen LogP) is -5.42. The maximum absolute atomic E-state index is 10.7. The zero-order valence-corrected chi connectivity index (χ0v) is 11.6. The minimum atomic E-state index is -4.73. The molecule has 0 saturated carbocycles. The van der Waals surface area contributed by atoms with E-state index < -0.39 is 22.3 Å². The van der Waals surface area contributed by atoms with E-state index in [1.807, 2.05) is 0 Å². The SMILES string of the molecule is NC(=O)[C@@H]1CC[C@@H](NOS(=O)(=O)[O-])CN1.[Na+]. The van der Waals surface area contributed by atoms with Crippen LogP contribution in [0, 0.1) is 0 Å². The van der Waals surface area contributed by atoms with Crippen molar-refractivity contribution in [3.05, 3.63) is 0 Å². The van der Waals surface area contributed by atoms with Crippen molar-refractivity contribution in [1.82, 2.24) is 10.8 Å². The van der Waals surface area contributed by atoms with Gasteiger partial charge in [-0.3, -0.25) is 4.79 Å². The van der Waals surface area contributed by atoms with Crippen LogP contribution < -0.4 is 46.1 Å². The topological polar surface area (TPSA) is 134 Å². The van der Waals surface area contributed by atoms with E-state index in [0.717, 1.165) is 0 Å². The summed E-state index contributed by atoms with van der Waals surface area (Å²) >= 11 is 0. The first-order valence-electron chi connectivity index (χ1n) is 4.31. The first kappa shape index (κ1) is 16.3. The molecule has 1 fully saturated rings. The van der Waals surface area contributed by atoms with Gasteiger partial charge < -0.3 is 15.6 Å². The van der Waals surface area contributed by atoms with Crippen LogP contribution in [0.25, 0.3) is 0 Å². The summed E-state index contributed by atoms with van der Waals surface area (Å²) in [6, 6.07) is -0.740. The third-order valence-corrected chi connectivity index (χ3v) is 2.38. The van der Waals surface area contributed by atoms with Crippen molar-refractivity contribution in [3.63, 3.8) is 0 Å². The number of carbonyl (C=O) groups is 1. The molecule has 16 heavy (non-hydrogen) atoms. The van der Waals surface area contributed by atoms with E-state index in [-0.39, 0.29) is 35.6 Å². The molecule has 0 aromatic heterocycles. The summed E-state index contributed by atoms with van der Waals surface area (Å²) < 4.78 is 34.2. The number of amides is 1. The van der Waals surface area contributed by atoms with Gasteiger partial charge in [-0.15, -0.1) is 0 Å². The Balaban J connectivity index is 0.00000225. The molecular weight excluding hydrogens is 249 g/mol. The number of piperidine rings is 1. The fourth-order valence-corrected chi connectivity index (χ4v) is 1.58. The summed E-state index contributed by atoms with van der Waals surface area (Å²) in [7, 11) is -4.73. The normalized spacial score (nSPS) is 25.8. The third kappa shape index (κ3) is 6.11. The number of hydrogen-bond acceptors (Lipinski definition) is 7. The second-order valence-corrected chi connectivity index (χ2v) is 4.23. The smallest absolute Gasteiger partial charge is 0.724 e. The Morgan fingerprint density at radius 2 is 2.12 bits per heavy atom. The largest absolute Gasteiger partial charge is 1.00 e. The van der Waals surface area contributed by atoms with Crippen LogP contribution in [0.4, 0.5) is 0 Å². The molecule has 1 heterocycles. The number of hydroxylamine groups is 1. The maximum Gasteiger partial charge on any atom is 1.00 e. The van der Waals surface area contributed by atoms with Gasteiger partial charge in [0.15, 0.2) is 0 Å². The molecule has 1 saturated heterocycles. The molecule has 1 aliphatic heterocycles. The standard InChI is InChI=1S/C6H13N3O5S.Na/c7-6(10)5-2-1-4(3-8-5)9-14-15(11,12)13;/h4-5,8-9H,1-3H2,(H2,7,10)(H,11,12,13);/q;+1/p-1/t4-,5+;/m1./s1. The van der Waals surface area contributed by atoms with Gasteiger partial charge in [-0.1, -0.05) is 0 Å². The summed E-state index contributed by atoms with van der Waals surface area (Å²) in [6.45, 7) is 0.309. The van der Waals surface area contributed by atoms with Crippen LogP contribution in [-0.4, -0.2) is 37.5 Å². The van der Waals surface area contributed by atoms with Gasteiger partial charge in [0.25, 0.3) is 0 Å². The van der Waals surface area contributed by atoms with Crippen molar-refractivity contribution in [3.8, 4) is 0 Å². The van der Waals surface area contributed by atoms with Gasteiger partial charge in [0.05, 0.1) is 6.04 Å². The fraction of sp³-hybridized carbons (Fsp3) is 0.833. The van der Waals surface area contributed by atoms with E-state index in [0.29, 0.717) is 19.4 Å². The quantitative estimate of drug-likeness (QED) is 0.199. The van der Waals surface area contributed by atoms with Crippen LogP contribution >= 0.6 is 0 Å². The first-order chi connectivity index (χ1) is 6.88. The predicted molar refractivity (Wildman–Crippen MR) is 47.9 cm³/mol. The van der Waals surface area contributed by atoms with E-state index in [1.165, 1.54) is 0 Å². The Kier molecular flexibility index (Phi) is 6.98. The van der Waals surface area contributed by atoms with Crippen molar-refractivity contribution in [2.75, 3.05) is 6.54 Å². The Bertz CT molecular complexity index is 327. The number of primary amides is 1. The average Bonchev–Trinajstić information content (AvgIpc) is 2.14. The molecule has 0 unspecified atom stereocenters. The molecule has 1 amide bonds. The summed E-state index contributed by atoms with van der Waals surface area (Å²) in [4.78, 5) is 10.7. The molecule has 0 aliphatic carbocycles. The Labute approximate surface area is 115 Å². The second-order valence-electron chi connectivity index (χ2n) is 3.25. The fourth-order valence-electron chi connectivity index (χ4n) is 1.33. The maximum atomic E-state index is 10.7. The van der Waals surface area contributed by atoms with Gasteiger partial charge in [0.1, 0.15) is 0 Å². The third-order valence-electron chi connectivity index (χ3n) is 2.07. The van der Waals surface area contributed by atoms with Gasteiger partial charge in [-0.2, -0.15) is 9.76 Å². The van der Waals surface area contributed by atoms with Crippen molar-refractivity contribution < 1.29 is 51.6 Å². The molecule has 0 bridgehead atoms. The summed E-state index contributed by atoms with van der Waals surface area (Å²) in [5, 5.41) is 2.79. The zero-order chi connectivity index (χ0) is 11.5. The number of nitrogens with one attached hydrogen (secondary N) is 2. The van der Waals surface area contributed by atoms with Crippen LogP contribution in [0.1, 0.15) is 12.8 Å². The van der Waals surface area contributed by atoms with Crippen molar-refractivity contribution >= 4 is 16.3 Å². The van der Waals surface area contributed by atoms with Gasteiger partial charge in [-0.25, -0.2) is 8.42 Å². The van der Waals surface area contributed by atoms with Crippen molar-refractivity contribution in [2.45, 2.75) is 24.9 Å². The second kappa shape index (κ2) is 6.87. The number of hydrogen-bond donors (Lipinski definition) is 3. The summed E-state index contributed by atoms with van der Waals surface area (Å²) in [5.74, 6) is -0.453. The van der Waals surface area contributed by atoms with Crippen LogP contribution in [0.2, 0.25) is 0 Å². The molecular formula is C6H12N3NaO5S. The molecule has 0 aromatic rings. The summed E-state index contributed by atoms with van der Waals surface area (Å²) in [5.41, 5.74) is 7.16. The molecule has 8 nitrogen and oxygen atoms in total. The van der Waals surface area contributed by atoms with Gasteiger partial charge >= 0.3 is 29.6 Å². The Morgan fingerprint density at radius 3 is 2.50 bits per heavy atom. The molecule has 2 atom stereocenters. The first-order valence-corrected chi connectivity index (χ1v) is 5.64. The molecule has 0 aromatic carbocycles. The van der Waals surface area contributed by atoms with E-state index in [2.05, 4.69) is 15.1 Å². The van der Waals surface area contributed by atoms with E-state index in [4.69, 9.17) is 5.73 Å². The number of rotatable bonds is 4. The van der Waals surface area contributed by atoms with Crippen LogP contribution in [0.5, 0.6) is 0 Å². The minimum Gasteiger partial charge on any atom is -0.724 e. The van der Waals surface area contributed by atoms with Crippen LogP contribution in [0.15, 0.2) is 0 Å². The van der Waals surface area contributed by atoms with Crippen molar-refractivity contribution in [2.24, 2.45) is 5.73 Å². The van der Waals surface area contributed by atoms with E-state index in [9.17, 15) is 17.8 Å². The number of carbonyl (C=O) groups excluding carboxylic acids is 1. The molecule has 0 spiro atoms. The van der Waals surface area contributed by atoms with Gasteiger partial charge in [0.2, 0.25) is 16.3 Å². The summed E-state index contributed by atoms with van der Waals surface area (Å²) in [6.07, 6.45) is 0.964. The van der Waals surface area contributed by atoms with Gasteiger partial charge in [-0.05, 0) is 12.8 Å². The average molecular weight is 261 g/mol. The van der Waals surface area contributed by atoms with Gasteiger partial charge in [0, 0.05) is 12.6 Å². The van der Waals surface area contributed by atoms with Crippen LogP contribution in [-0.2, 0) is 19.5 Å². The van der Waals surface area contributed by atoms with Crippen LogP contribution in [0.3, 0.4) is 0 Å². The molecule has 4 N–H and O–H groups in total. The number of nitrogens with two attached hydrogens (primary N) is 1. The molecule has 88 valence electrons. The molecule has 1 rings (SSSR count). The Morgan fingerprint density at radius 1 is 1.50 bits per heavy atom. The molecule has 10 heteroatoms. The van der Waals surface area contributed by atoms with E-state index >= 15 is 0 Å². The molecule has 0 radical (unpaired) electrons. The Hall–Kier alpha value is 0.260. The minimum absolute atomic E-state index is 0. The monoisotopic (exact) mass is 261 g/mol. The zero-order valence-electron chi connectivity index (χ0n) is 8.80. The van der Waals surface area contributed by atoms with Crippen molar-refractivity contribution in [1.29, 1.82) is 0 Å². The van der Waals surface area contributed by atoms with E-state index in [1.54, 1.807) is 0 Å².